The summed E-state index contributed by atoms with van der Waals surface area (Å²) in [5, 5.41) is 0. The second-order valence-electron chi connectivity index (χ2n) is 4.95. The summed E-state index contributed by atoms with van der Waals surface area (Å²) >= 11 is 0. The van der Waals surface area contributed by atoms with E-state index in [1.54, 1.807) is 4.90 Å². The first-order valence-corrected chi connectivity index (χ1v) is 6.71. The van der Waals surface area contributed by atoms with E-state index >= 15 is 0 Å². The number of aryl methyl sites for hydroxylation is 1. The molecular formula is C15H20N2O2. The lowest BCUT2D eigenvalue weighted by Crippen LogP contribution is -2.36. The van der Waals surface area contributed by atoms with Crippen molar-refractivity contribution >= 4 is 17.4 Å². The van der Waals surface area contributed by atoms with Gasteiger partial charge in [0.15, 0.2) is 5.78 Å². The zero-order valence-electron chi connectivity index (χ0n) is 11.6. The van der Waals surface area contributed by atoms with Crippen molar-refractivity contribution in [3.8, 4) is 0 Å². The van der Waals surface area contributed by atoms with Gasteiger partial charge in [0.25, 0.3) is 0 Å². The molecule has 1 amide bonds. The zero-order chi connectivity index (χ0) is 13.8. The van der Waals surface area contributed by atoms with Crippen LogP contribution < -0.4 is 4.90 Å². The predicted octanol–water partition coefficient (Wildman–Crippen LogP) is 1.62. The SMILES string of the molecule is CCN(CCN1CC(=O)CC1=O)c1cccc(C)c1. The van der Waals surface area contributed by atoms with Crippen LogP contribution in [0.3, 0.4) is 0 Å². The van der Waals surface area contributed by atoms with Gasteiger partial charge in [0, 0.05) is 25.3 Å². The molecule has 1 aromatic carbocycles. The van der Waals surface area contributed by atoms with Crippen molar-refractivity contribution in [3.63, 3.8) is 0 Å². The van der Waals surface area contributed by atoms with Crippen LogP contribution in [0.4, 0.5) is 5.69 Å². The molecule has 1 saturated heterocycles. The molecule has 1 aliphatic heterocycles. The second kappa shape index (κ2) is 5.87. The van der Waals surface area contributed by atoms with Gasteiger partial charge in [-0.05, 0) is 31.5 Å². The molecule has 2 rings (SSSR count). The second-order valence-corrected chi connectivity index (χ2v) is 4.95. The Morgan fingerprint density at radius 2 is 2.11 bits per heavy atom. The molecule has 1 heterocycles. The van der Waals surface area contributed by atoms with Gasteiger partial charge in [0.05, 0.1) is 13.0 Å². The molecule has 0 unspecified atom stereocenters. The first kappa shape index (κ1) is 13.6. The van der Waals surface area contributed by atoms with Crippen molar-refractivity contribution in [2.24, 2.45) is 0 Å². The quantitative estimate of drug-likeness (QED) is 0.755. The first-order chi connectivity index (χ1) is 9.10. The van der Waals surface area contributed by atoms with Crippen LogP contribution in [0.1, 0.15) is 18.9 Å². The smallest absolute Gasteiger partial charge is 0.230 e. The lowest BCUT2D eigenvalue weighted by molar-refractivity contribution is -0.127. The number of Topliss-reactive ketones (excluding diaryl/α,β-unsaturated/α-hetero) is 1. The molecule has 4 heteroatoms. The molecule has 1 aliphatic rings. The zero-order valence-corrected chi connectivity index (χ0v) is 11.6. The highest BCUT2D eigenvalue weighted by Gasteiger charge is 2.27. The number of carbonyl (C=O) groups is 2. The molecule has 4 nitrogen and oxygen atoms in total. The molecule has 0 bridgehead atoms. The van der Waals surface area contributed by atoms with Crippen LogP contribution in [0.25, 0.3) is 0 Å². The minimum Gasteiger partial charge on any atom is -0.370 e. The van der Waals surface area contributed by atoms with Crippen LogP contribution in [-0.2, 0) is 9.59 Å². The van der Waals surface area contributed by atoms with Crippen molar-refractivity contribution in [1.82, 2.24) is 4.90 Å². The van der Waals surface area contributed by atoms with Crippen LogP contribution >= 0.6 is 0 Å². The topological polar surface area (TPSA) is 40.6 Å². The summed E-state index contributed by atoms with van der Waals surface area (Å²) in [5.74, 6) is -0.00565. The van der Waals surface area contributed by atoms with Crippen molar-refractivity contribution in [2.75, 3.05) is 31.1 Å². The van der Waals surface area contributed by atoms with E-state index in [9.17, 15) is 9.59 Å². The van der Waals surface area contributed by atoms with E-state index in [-0.39, 0.29) is 24.7 Å². The summed E-state index contributed by atoms with van der Waals surface area (Å²) < 4.78 is 0. The fourth-order valence-electron chi connectivity index (χ4n) is 2.38. The molecule has 102 valence electrons. The average molecular weight is 260 g/mol. The molecule has 0 aromatic heterocycles. The average Bonchev–Trinajstić information content (AvgIpc) is 2.69. The highest BCUT2D eigenvalue weighted by atomic mass is 16.2. The number of amides is 1. The lowest BCUT2D eigenvalue weighted by atomic mass is 10.2. The number of anilines is 1. The maximum absolute atomic E-state index is 11.6. The Morgan fingerprint density at radius 1 is 1.32 bits per heavy atom. The van der Waals surface area contributed by atoms with Crippen LogP contribution in [0.2, 0.25) is 0 Å². The number of likely N-dealkylation sites (N-methyl/N-ethyl adjacent to an activating group) is 1. The number of ketones is 1. The van der Waals surface area contributed by atoms with Crippen molar-refractivity contribution < 1.29 is 9.59 Å². The minimum absolute atomic E-state index is 0.0311. The van der Waals surface area contributed by atoms with E-state index in [4.69, 9.17) is 0 Å². The maximum atomic E-state index is 11.6. The van der Waals surface area contributed by atoms with Crippen LogP contribution in [0, 0.1) is 6.92 Å². The number of nitrogens with zero attached hydrogens (tertiary/aromatic N) is 2. The Morgan fingerprint density at radius 3 is 2.68 bits per heavy atom. The van der Waals surface area contributed by atoms with E-state index in [1.165, 1.54) is 11.3 Å². The number of rotatable bonds is 5. The maximum Gasteiger partial charge on any atom is 0.230 e. The van der Waals surface area contributed by atoms with E-state index in [2.05, 4.69) is 36.9 Å². The van der Waals surface area contributed by atoms with Crippen molar-refractivity contribution in [1.29, 1.82) is 0 Å². The molecule has 0 radical (unpaired) electrons. The van der Waals surface area contributed by atoms with Gasteiger partial charge < -0.3 is 9.80 Å². The van der Waals surface area contributed by atoms with Gasteiger partial charge >= 0.3 is 0 Å². The third kappa shape index (κ3) is 3.34. The third-order valence-electron chi connectivity index (χ3n) is 3.46. The monoisotopic (exact) mass is 260 g/mol. The summed E-state index contributed by atoms with van der Waals surface area (Å²) in [4.78, 5) is 26.7. The van der Waals surface area contributed by atoms with Crippen LogP contribution in [0.5, 0.6) is 0 Å². The highest BCUT2D eigenvalue weighted by Crippen LogP contribution is 2.16. The van der Waals surface area contributed by atoms with E-state index in [0.717, 1.165) is 13.1 Å². The number of likely N-dealkylation sites (tertiary alicyclic amines) is 1. The van der Waals surface area contributed by atoms with Gasteiger partial charge in [0.2, 0.25) is 5.91 Å². The molecule has 1 aromatic rings. The Kier molecular flexibility index (Phi) is 4.20. The van der Waals surface area contributed by atoms with Crippen molar-refractivity contribution in [3.05, 3.63) is 29.8 Å². The van der Waals surface area contributed by atoms with Gasteiger partial charge in [-0.1, -0.05) is 12.1 Å². The third-order valence-corrected chi connectivity index (χ3v) is 3.46. The van der Waals surface area contributed by atoms with Gasteiger partial charge in [0.1, 0.15) is 0 Å². The number of benzene rings is 1. The van der Waals surface area contributed by atoms with Gasteiger partial charge in [-0.25, -0.2) is 0 Å². The summed E-state index contributed by atoms with van der Waals surface area (Å²) in [6.45, 7) is 6.72. The summed E-state index contributed by atoms with van der Waals surface area (Å²) in [7, 11) is 0. The van der Waals surface area contributed by atoms with E-state index in [1.807, 2.05) is 6.07 Å². The Balaban J connectivity index is 1.96. The van der Waals surface area contributed by atoms with Gasteiger partial charge in [-0.15, -0.1) is 0 Å². The normalized spacial score (nSPS) is 15.2. The summed E-state index contributed by atoms with van der Waals surface area (Å²) in [5.41, 5.74) is 2.39. The first-order valence-electron chi connectivity index (χ1n) is 6.71. The molecule has 0 spiro atoms. The molecular weight excluding hydrogens is 240 g/mol. The standard InChI is InChI=1S/C15H20N2O2/c1-3-16(13-6-4-5-12(2)9-13)7-8-17-11-14(18)10-15(17)19/h4-6,9H,3,7-8,10-11H2,1-2H3. The molecule has 19 heavy (non-hydrogen) atoms. The van der Waals surface area contributed by atoms with E-state index < -0.39 is 0 Å². The molecule has 0 saturated carbocycles. The molecule has 0 aliphatic carbocycles. The fourth-order valence-corrected chi connectivity index (χ4v) is 2.38. The van der Waals surface area contributed by atoms with Crippen molar-refractivity contribution in [2.45, 2.75) is 20.3 Å². The lowest BCUT2D eigenvalue weighted by Gasteiger charge is -2.26. The van der Waals surface area contributed by atoms with E-state index in [0.29, 0.717) is 6.54 Å². The molecule has 0 atom stereocenters. The number of hydrogen-bond acceptors (Lipinski definition) is 3. The fraction of sp³-hybridized carbons (Fsp3) is 0.467. The van der Waals surface area contributed by atoms with Gasteiger partial charge in [-0.2, -0.15) is 0 Å². The number of hydrogen-bond donors (Lipinski definition) is 0. The number of carbonyl (C=O) groups excluding carboxylic acids is 2. The Labute approximate surface area is 114 Å². The minimum atomic E-state index is -0.0368. The van der Waals surface area contributed by atoms with Crippen LogP contribution in [-0.4, -0.2) is 42.8 Å². The molecule has 1 fully saturated rings. The van der Waals surface area contributed by atoms with Crippen LogP contribution in [0.15, 0.2) is 24.3 Å². The molecule has 0 N–H and O–H groups in total. The Bertz CT molecular complexity index is 485. The summed E-state index contributed by atoms with van der Waals surface area (Å²) in [6.07, 6.45) is 0.0799. The predicted molar refractivity (Wildman–Crippen MR) is 75.3 cm³/mol. The Hall–Kier alpha value is -1.84. The highest BCUT2D eigenvalue weighted by molar-refractivity contribution is 6.05. The van der Waals surface area contributed by atoms with Gasteiger partial charge in [-0.3, -0.25) is 9.59 Å². The largest absolute Gasteiger partial charge is 0.370 e. The summed E-state index contributed by atoms with van der Waals surface area (Å²) in [6, 6.07) is 8.33.